The summed E-state index contributed by atoms with van der Waals surface area (Å²) in [6.45, 7) is 4.71. The molecular weight excluding hydrogens is 268 g/mol. The summed E-state index contributed by atoms with van der Waals surface area (Å²) in [6.07, 6.45) is 5.82. The van der Waals surface area contributed by atoms with E-state index >= 15 is 0 Å². The molecule has 0 bridgehead atoms. The molecule has 1 aromatic rings. The predicted octanol–water partition coefficient (Wildman–Crippen LogP) is 3.82. The van der Waals surface area contributed by atoms with Gasteiger partial charge in [-0.05, 0) is 60.8 Å². The van der Waals surface area contributed by atoms with Gasteiger partial charge in [-0.15, -0.1) is 0 Å². The van der Waals surface area contributed by atoms with Gasteiger partial charge in [-0.2, -0.15) is 0 Å². The van der Waals surface area contributed by atoms with Crippen molar-refractivity contribution in [2.45, 2.75) is 64.1 Å². The largest absolute Gasteiger partial charge is 0.328 e. The van der Waals surface area contributed by atoms with Crippen LogP contribution in [0.4, 0.5) is 0 Å². The van der Waals surface area contributed by atoms with Crippen molar-refractivity contribution in [3.63, 3.8) is 0 Å². The maximum absolute atomic E-state index is 6.20. The predicted molar refractivity (Wildman–Crippen MR) is 85.0 cm³/mol. The summed E-state index contributed by atoms with van der Waals surface area (Å²) in [4.78, 5) is 0. The van der Waals surface area contributed by atoms with Crippen LogP contribution in [-0.4, -0.2) is 12.1 Å². The Morgan fingerprint density at radius 3 is 2.60 bits per heavy atom. The second-order valence-corrected chi connectivity index (χ2v) is 7.66. The lowest BCUT2D eigenvalue weighted by Crippen LogP contribution is -2.42. The van der Waals surface area contributed by atoms with Crippen molar-refractivity contribution in [2.75, 3.05) is 0 Å². The average molecular weight is 293 g/mol. The van der Waals surface area contributed by atoms with Crippen LogP contribution in [0.1, 0.15) is 56.7 Å². The van der Waals surface area contributed by atoms with E-state index in [4.69, 9.17) is 17.3 Å². The monoisotopic (exact) mass is 292 g/mol. The van der Waals surface area contributed by atoms with Crippen molar-refractivity contribution in [3.8, 4) is 0 Å². The van der Waals surface area contributed by atoms with Crippen LogP contribution < -0.4 is 11.1 Å². The van der Waals surface area contributed by atoms with Crippen LogP contribution in [0.15, 0.2) is 18.2 Å². The van der Waals surface area contributed by atoms with E-state index < -0.39 is 0 Å². The molecule has 0 aliphatic heterocycles. The summed E-state index contributed by atoms with van der Waals surface area (Å²) in [6, 6.07) is 7.78. The average Bonchev–Trinajstić information content (AvgIpc) is 2.63. The van der Waals surface area contributed by atoms with Gasteiger partial charge in [-0.3, -0.25) is 0 Å². The number of benzene rings is 1. The summed E-state index contributed by atoms with van der Waals surface area (Å²) >= 11 is 6.20. The molecule has 3 N–H and O–H groups in total. The van der Waals surface area contributed by atoms with Crippen LogP contribution in [0.2, 0.25) is 5.02 Å². The van der Waals surface area contributed by atoms with Gasteiger partial charge in [0.15, 0.2) is 0 Å². The van der Waals surface area contributed by atoms with Gasteiger partial charge in [0, 0.05) is 23.1 Å². The van der Waals surface area contributed by atoms with Crippen LogP contribution in [0.3, 0.4) is 0 Å². The fourth-order valence-corrected chi connectivity index (χ4v) is 4.03. The SMILES string of the molecule is CC1(C)Cc2ccc(Cl)cc2C1NC1CCC(N)CC1. The van der Waals surface area contributed by atoms with Gasteiger partial charge in [0.1, 0.15) is 0 Å². The van der Waals surface area contributed by atoms with E-state index in [1.54, 1.807) is 0 Å². The first kappa shape index (κ1) is 14.4. The lowest BCUT2D eigenvalue weighted by atomic mass is 9.83. The third-order valence-electron chi connectivity index (χ3n) is 5.02. The Morgan fingerprint density at radius 1 is 1.20 bits per heavy atom. The quantitative estimate of drug-likeness (QED) is 0.869. The Bertz CT molecular complexity index is 490. The number of hydrogen-bond acceptors (Lipinski definition) is 2. The smallest absolute Gasteiger partial charge is 0.0409 e. The van der Waals surface area contributed by atoms with E-state index in [0.717, 1.165) is 24.3 Å². The van der Waals surface area contributed by atoms with Gasteiger partial charge in [0.25, 0.3) is 0 Å². The summed E-state index contributed by atoms with van der Waals surface area (Å²) in [5, 5.41) is 4.74. The highest BCUT2D eigenvalue weighted by molar-refractivity contribution is 6.30. The molecule has 0 aromatic heterocycles. The number of fused-ring (bicyclic) bond motifs is 1. The molecule has 1 fully saturated rings. The van der Waals surface area contributed by atoms with Gasteiger partial charge >= 0.3 is 0 Å². The van der Waals surface area contributed by atoms with Crippen molar-refractivity contribution in [1.29, 1.82) is 0 Å². The summed E-state index contributed by atoms with van der Waals surface area (Å²) in [7, 11) is 0. The maximum atomic E-state index is 6.20. The molecule has 0 radical (unpaired) electrons. The van der Waals surface area contributed by atoms with E-state index in [0.29, 0.717) is 18.1 Å². The van der Waals surface area contributed by atoms with Gasteiger partial charge < -0.3 is 11.1 Å². The standard InChI is InChI=1S/C17H25ClN2/c1-17(2)10-11-3-4-12(18)9-15(11)16(17)20-14-7-5-13(19)6-8-14/h3-4,9,13-14,16,20H,5-8,10,19H2,1-2H3. The minimum absolute atomic E-state index is 0.257. The highest BCUT2D eigenvalue weighted by atomic mass is 35.5. The van der Waals surface area contributed by atoms with Gasteiger partial charge in [0.2, 0.25) is 0 Å². The molecule has 2 aliphatic carbocycles. The molecule has 2 nitrogen and oxygen atoms in total. The first-order chi connectivity index (χ1) is 9.45. The highest BCUT2D eigenvalue weighted by Gasteiger charge is 2.40. The van der Waals surface area contributed by atoms with Gasteiger partial charge in [-0.1, -0.05) is 31.5 Å². The number of rotatable bonds is 2. The van der Waals surface area contributed by atoms with E-state index in [-0.39, 0.29) is 5.41 Å². The fraction of sp³-hybridized carbons (Fsp3) is 0.647. The molecule has 1 saturated carbocycles. The zero-order valence-corrected chi connectivity index (χ0v) is 13.2. The molecule has 0 spiro atoms. The molecule has 110 valence electrons. The Balaban J connectivity index is 1.79. The number of halogens is 1. The van der Waals surface area contributed by atoms with Gasteiger partial charge in [0.05, 0.1) is 0 Å². The number of nitrogens with one attached hydrogen (secondary N) is 1. The normalized spacial score (nSPS) is 32.1. The summed E-state index contributed by atoms with van der Waals surface area (Å²) in [5.41, 5.74) is 9.11. The van der Waals surface area contributed by atoms with Crippen molar-refractivity contribution in [3.05, 3.63) is 34.3 Å². The van der Waals surface area contributed by atoms with Crippen LogP contribution >= 0.6 is 11.6 Å². The van der Waals surface area contributed by atoms with E-state index in [1.165, 1.54) is 24.0 Å². The molecule has 2 aliphatic rings. The van der Waals surface area contributed by atoms with E-state index in [1.807, 2.05) is 6.07 Å². The van der Waals surface area contributed by atoms with Crippen LogP contribution in [0.25, 0.3) is 0 Å². The van der Waals surface area contributed by atoms with Gasteiger partial charge in [-0.25, -0.2) is 0 Å². The Kier molecular flexibility index (Phi) is 3.83. The Hall–Kier alpha value is -0.570. The molecule has 20 heavy (non-hydrogen) atoms. The molecule has 0 saturated heterocycles. The first-order valence-corrected chi connectivity index (χ1v) is 8.13. The number of nitrogens with two attached hydrogens (primary N) is 1. The Morgan fingerprint density at radius 2 is 1.90 bits per heavy atom. The molecule has 1 aromatic carbocycles. The molecule has 1 atom stereocenters. The molecular formula is C17H25ClN2. The minimum atomic E-state index is 0.257. The number of hydrogen-bond donors (Lipinski definition) is 2. The zero-order valence-electron chi connectivity index (χ0n) is 12.5. The van der Waals surface area contributed by atoms with Crippen molar-refractivity contribution in [2.24, 2.45) is 11.1 Å². The third-order valence-corrected chi connectivity index (χ3v) is 5.26. The topological polar surface area (TPSA) is 38.0 Å². The Labute approximate surface area is 127 Å². The molecule has 1 unspecified atom stereocenters. The molecule has 0 heterocycles. The molecule has 3 heteroatoms. The minimum Gasteiger partial charge on any atom is -0.328 e. The van der Waals surface area contributed by atoms with Crippen LogP contribution in [0, 0.1) is 5.41 Å². The second-order valence-electron chi connectivity index (χ2n) is 7.22. The lowest BCUT2D eigenvalue weighted by molar-refractivity contribution is 0.221. The van der Waals surface area contributed by atoms with Crippen LogP contribution in [-0.2, 0) is 6.42 Å². The summed E-state index contributed by atoms with van der Waals surface area (Å²) in [5.74, 6) is 0. The van der Waals surface area contributed by atoms with Crippen molar-refractivity contribution >= 4 is 11.6 Å². The van der Waals surface area contributed by atoms with E-state index in [9.17, 15) is 0 Å². The second kappa shape index (κ2) is 5.32. The maximum Gasteiger partial charge on any atom is 0.0409 e. The molecule has 3 rings (SSSR count). The third kappa shape index (κ3) is 2.74. The highest BCUT2D eigenvalue weighted by Crippen LogP contribution is 2.46. The van der Waals surface area contributed by atoms with Crippen molar-refractivity contribution in [1.82, 2.24) is 5.32 Å². The summed E-state index contributed by atoms with van der Waals surface area (Å²) < 4.78 is 0. The zero-order chi connectivity index (χ0) is 14.3. The fourth-order valence-electron chi connectivity index (χ4n) is 3.85. The molecule has 0 amide bonds. The first-order valence-electron chi connectivity index (χ1n) is 7.76. The lowest BCUT2D eigenvalue weighted by Gasteiger charge is -2.35. The van der Waals surface area contributed by atoms with E-state index in [2.05, 4.69) is 31.3 Å². The van der Waals surface area contributed by atoms with Crippen LogP contribution in [0.5, 0.6) is 0 Å². The van der Waals surface area contributed by atoms with Crippen molar-refractivity contribution < 1.29 is 0 Å².